The summed E-state index contributed by atoms with van der Waals surface area (Å²) in [6, 6.07) is 0. The van der Waals surface area contributed by atoms with Crippen LogP contribution in [-0.2, 0) is 4.79 Å². The van der Waals surface area contributed by atoms with Gasteiger partial charge in [0.25, 0.3) is 0 Å². The second-order valence-corrected chi connectivity index (χ2v) is 2.54. The fourth-order valence-electron chi connectivity index (χ4n) is 0.881. The fourth-order valence-corrected chi connectivity index (χ4v) is 0.881. The summed E-state index contributed by atoms with van der Waals surface area (Å²) >= 11 is 0. The minimum atomic E-state index is -4.78. The number of nitrogens with zero attached hydrogens (tertiary/aromatic N) is 1. The number of carbonyl (C=O) groups is 1. The monoisotopic (exact) mass is 195 g/mol. The standard InChI is InChI=1S/C8H12F3NO/c1-3-5-12(6-4-2)7(13)8(9,10)11/h3H,1,4-6H2,2H3. The Hall–Kier alpha value is -1.00. The molecule has 76 valence electrons. The lowest BCUT2D eigenvalue weighted by Crippen LogP contribution is -2.41. The first-order chi connectivity index (χ1) is 5.93. The molecule has 1 amide bonds. The third-order valence-electron chi connectivity index (χ3n) is 1.37. The van der Waals surface area contributed by atoms with Crippen LogP contribution in [0.2, 0.25) is 0 Å². The van der Waals surface area contributed by atoms with E-state index in [4.69, 9.17) is 0 Å². The highest BCUT2D eigenvalue weighted by atomic mass is 19.4. The SMILES string of the molecule is C=CCN(CCC)C(=O)C(F)(F)F. The van der Waals surface area contributed by atoms with Gasteiger partial charge in [-0.05, 0) is 6.42 Å². The molecule has 0 spiro atoms. The lowest BCUT2D eigenvalue weighted by molar-refractivity contribution is -0.184. The van der Waals surface area contributed by atoms with Crippen molar-refractivity contribution in [2.45, 2.75) is 19.5 Å². The van der Waals surface area contributed by atoms with E-state index in [0.717, 1.165) is 4.90 Å². The van der Waals surface area contributed by atoms with E-state index in [0.29, 0.717) is 6.42 Å². The highest BCUT2D eigenvalue weighted by molar-refractivity contribution is 5.81. The maximum atomic E-state index is 11.9. The summed E-state index contributed by atoms with van der Waals surface area (Å²) in [5.41, 5.74) is 0. The second-order valence-electron chi connectivity index (χ2n) is 2.54. The van der Waals surface area contributed by atoms with Crippen LogP contribution in [0.5, 0.6) is 0 Å². The van der Waals surface area contributed by atoms with Gasteiger partial charge in [0.2, 0.25) is 0 Å². The van der Waals surface area contributed by atoms with Crippen molar-refractivity contribution in [1.29, 1.82) is 0 Å². The summed E-state index contributed by atoms with van der Waals surface area (Å²) in [6.07, 6.45) is -3.01. The zero-order valence-corrected chi connectivity index (χ0v) is 7.40. The van der Waals surface area contributed by atoms with Crippen LogP contribution in [0.15, 0.2) is 12.7 Å². The molecule has 0 aliphatic heterocycles. The molecule has 2 nitrogen and oxygen atoms in total. The van der Waals surface area contributed by atoms with Crippen molar-refractivity contribution in [3.05, 3.63) is 12.7 Å². The van der Waals surface area contributed by atoms with Gasteiger partial charge in [-0.2, -0.15) is 13.2 Å². The Kier molecular flexibility index (Phi) is 4.51. The Bertz CT molecular complexity index is 188. The number of carbonyl (C=O) groups excluding carboxylic acids is 1. The van der Waals surface area contributed by atoms with Crippen molar-refractivity contribution in [2.24, 2.45) is 0 Å². The van der Waals surface area contributed by atoms with E-state index in [1.165, 1.54) is 6.08 Å². The lowest BCUT2D eigenvalue weighted by Gasteiger charge is -2.21. The average Bonchev–Trinajstić information content (AvgIpc) is 2.01. The summed E-state index contributed by atoms with van der Waals surface area (Å²) < 4.78 is 35.8. The van der Waals surface area contributed by atoms with Gasteiger partial charge in [-0.3, -0.25) is 4.79 Å². The summed E-state index contributed by atoms with van der Waals surface area (Å²) in [7, 11) is 0. The largest absolute Gasteiger partial charge is 0.471 e. The van der Waals surface area contributed by atoms with Crippen LogP contribution in [-0.4, -0.2) is 30.1 Å². The van der Waals surface area contributed by atoms with E-state index < -0.39 is 12.1 Å². The number of halogens is 3. The summed E-state index contributed by atoms with van der Waals surface area (Å²) in [4.78, 5) is 11.4. The Balaban J connectivity index is 4.36. The minimum Gasteiger partial charge on any atom is -0.331 e. The molecule has 0 radical (unpaired) electrons. The third-order valence-corrected chi connectivity index (χ3v) is 1.37. The van der Waals surface area contributed by atoms with E-state index in [9.17, 15) is 18.0 Å². The number of rotatable bonds is 4. The van der Waals surface area contributed by atoms with Crippen LogP contribution < -0.4 is 0 Å². The third kappa shape index (κ3) is 3.96. The Morgan fingerprint density at radius 3 is 2.38 bits per heavy atom. The van der Waals surface area contributed by atoms with Crippen LogP contribution in [0.25, 0.3) is 0 Å². The normalized spacial score (nSPS) is 11.1. The van der Waals surface area contributed by atoms with Gasteiger partial charge in [0, 0.05) is 13.1 Å². The van der Waals surface area contributed by atoms with Gasteiger partial charge in [-0.15, -0.1) is 6.58 Å². The van der Waals surface area contributed by atoms with Crippen molar-refractivity contribution in [3.8, 4) is 0 Å². The summed E-state index contributed by atoms with van der Waals surface area (Å²) in [6.45, 7) is 5.03. The topological polar surface area (TPSA) is 20.3 Å². The van der Waals surface area contributed by atoms with E-state index in [1.54, 1.807) is 6.92 Å². The zero-order valence-electron chi connectivity index (χ0n) is 7.40. The Morgan fingerprint density at radius 2 is 2.08 bits per heavy atom. The molecule has 0 rings (SSSR count). The number of alkyl halides is 3. The quantitative estimate of drug-likeness (QED) is 0.628. The molecule has 0 fully saturated rings. The van der Waals surface area contributed by atoms with Gasteiger partial charge in [-0.25, -0.2) is 0 Å². The first kappa shape index (κ1) is 12.0. The van der Waals surface area contributed by atoms with Crippen molar-refractivity contribution in [1.82, 2.24) is 4.90 Å². The van der Waals surface area contributed by atoms with Crippen LogP contribution in [0.3, 0.4) is 0 Å². The molecule has 0 heterocycles. The molecule has 0 aromatic rings. The second kappa shape index (κ2) is 4.89. The Morgan fingerprint density at radius 1 is 1.54 bits per heavy atom. The molecule has 0 N–H and O–H groups in total. The fraction of sp³-hybridized carbons (Fsp3) is 0.625. The predicted octanol–water partition coefficient (Wildman–Crippen LogP) is 1.97. The summed E-state index contributed by atoms with van der Waals surface area (Å²) in [5, 5.41) is 0. The van der Waals surface area contributed by atoms with Gasteiger partial charge < -0.3 is 4.90 Å². The highest BCUT2D eigenvalue weighted by Crippen LogP contribution is 2.18. The number of hydrogen-bond acceptors (Lipinski definition) is 1. The van der Waals surface area contributed by atoms with E-state index in [2.05, 4.69) is 6.58 Å². The smallest absolute Gasteiger partial charge is 0.331 e. The molecular weight excluding hydrogens is 183 g/mol. The molecule has 0 aromatic heterocycles. The lowest BCUT2D eigenvalue weighted by atomic mass is 10.3. The first-order valence-corrected chi connectivity index (χ1v) is 3.90. The molecule has 13 heavy (non-hydrogen) atoms. The van der Waals surface area contributed by atoms with Crippen LogP contribution in [0, 0.1) is 0 Å². The predicted molar refractivity (Wildman–Crippen MR) is 43.1 cm³/mol. The van der Waals surface area contributed by atoms with Crippen LogP contribution >= 0.6 is 0 Å². The van der Waals surface area contributed by atoms with Gasteiger partial charge in [0.05, 0.1) is 0 Å². The number of hydrogen-bond donors (Lipinski definition) is 0. The number of amides is 1. The van der Waals surface area contributed by atoms with E-state index >= 15 is 0 Å². The van der Waals surface area contributed by atoms with Gasteiger partial charge in [0.1, 0.15) is 0 Å². The molecule has 0 aromatic carbocycles. The zero-order chi connectivity index (χ0) is 10.5. The molecule has 0 atom stereocenters. The molecule has 0 bridgehead atoms. The molecule has 0 unspecified atom stereocenters. The van der Waals surface area contributed by atoms with E-state index in [-0.39, 0.29) is 13.1 Å². The van der Waals surface area contributed by atoms with Gasteiger partial charge in [-0.1, -0.05) is 13.0 Å². The molecule has 0 saturated heterocycles. The summed E-state index contributed by atoms with van der Waals surface area (Å²) in [5.74, 6) is -1.80. The average molecular weight is 195 g/mol. The molecule has 0 aliphatic rings. The van der Waals surface area contributed by atoms with Crippen molar-refractivity contribution in [2.75, 3.05) is 13.1 Å². The Labute approximate surface area is 75.0 Å². The van der Waals surface area contributed by atoms with E-state index in [1.807, 2.05) is 0 Å². The molecule has 0 aliphatic carbocycles. The van der Waals surface area contributed by atoms with Gasteiger partial charge >= 0.3 is 12.1 Å². The first-order valence-electron chi connectivity index (χ1n) is 3.90. The van der Waals surface area contributed by atoms with Crippen molar-refractivity contribution in [3.63, 3.8) is 0 Å². The van der Waals surface area contributed by atoms with Crippen molar-refractivity contribution < 1.29 is 18.0 Å². The van der Waals surface area contributed by atoms with Crippen LogP contribution in [0.1, 0.15) is 13.3 Å². The maximum absolute atomic E-state index is 11.9. The molecule has 5 heteroatoms. The minimum absolute atomic E-state index is 0.0633. The van der Waals surface area contributed by atoms with Crippen LogP contribution in [0.4, 0.5) is 13.2 Å². The van der Waals surface area contributed by atoms with Crippen molar-refractivity contribution >= 4 is 5.91 Å². The molecule has 0 saturated carbocycles. The van der Waals surface area contributed by atoms with Gasteiger partial charge in [0.15, 0.2) is 0 Å². The molecular formula is C8H12F3NO. The highest BCUT2D eigenvalue weighted by Gasteiger charge is 2.41. The maximum Gasteiger partial charge on any atom is 0.471 e.